The van der Waals surface area contributed by atoms with Gasteiger partial charge < -0.3 is 0 Å². The van der Waals surface area contributed by atoms with Gasteiger partial charge in [-0.25, -0.2) is 0 Å². The Kier molecular flexibility index (Phi) is 4.89. The molecule has 1 heterocycles. The van der Waals surface area contributed by atoms with Gasteiger partial charge in [0.15, 0.2) is 0 Å². The Bertz CT molecular complexity index is 1260. The molecule has 30 heavy (non-hydrogen) atoms. The van der Waals surface area contributed by atoms with Crippen LogP contribution in [0.4, 0.5) is 5.69 Å². The highest BCUT2D eigenvalue weighted by atomic mass is 35.5. The molecule has 0 radical (unpaired) electrons. The monoisotopic (exact) mass is 431 g/mol. The van der Waals surface area contributed by atoms with E-state index in [2.05, 4.69) is 42.5 Å². The van der Waals surface area contributed by atoms with Crippen molar-refractivity contribution in [3.63, 3.8) is 0 Å². The van der Waals surface area contributed by atoms with Gasteiger partial charge >= 0.3 is 0 Å². The van der Waals surface area contributed by atoms with E-state index in [9.17, 15) is 10.1 Å². The van der Waals surface area contributed by atoms with Crippen LogP contribution in [-0.2, 0) is 18.7 Å². The minimum absolute atomic E-state index is 0.116. The van der Waals surface area contributed by atoms with Crippen molar-refractivity contribution in [1.29, 1.82) is 0 Å². The van der Waals surface area contributed by atoms with E-state index < -0.39 is 0 Å². The number of aryl methyl sites for hydroxylation is 2. The summed E-state index contributed by atoms with van der Waals surface area (Å²) in [4.78, 5) is 13.0. The average molecular weight is 432 g/mol. The van der Waals surface area contributed by atoms with Crippen molar-refractivity contribution in [2.45, 2.75) is 18.7 Å². The maximum atomic E-state index is 11.0. The molecule has 4 aromatic rings. The Labute approximate surface area is 183 Å². The quantitative estimate of drug-likeness (QED) is 0.191. The van der Waals surface area contributed by atoms with Crippen molar-refractivity contribution in [3.8, 4) is 32.0 Å². The first-order valence-corrected chi connectivity index (χ1v) is 11.1. The molecule has 3 nitrogen and oxygen atoms in total. The summed E-state index contributed by atoms with van der Waals surface area (Å²) in [5.41, 5.74) is 8.68. The third-order valence-corrected chi connectivity index (χ3v) is 7.20. The van der Waals surface area contributed by atoms with Crippen LogP contribution in [0.2, 0.25) is 0 Å². The third-order valence-electron chi connectivity index (χ3n) is 5.66. The van der Waals surface area contributed by atoms with Crippen LogP contribution in [0.15, 0.2) is 72.8 Å². The van der Waals surface area contributed by atoms with Crippen LogP contribution in [0.1, 0.15) is 16.7 Å². The highest BCUT2D eigenvalue weighted by Gasteiger charge is 2.24. The number of alkyl halides is 1. The number of halogens is 1. The standard InChI is InChI=1S/C25H18ClNO2S/c26-15-19-4-1-2-6-21(19)22-7-3-5-17-8-9-18-14-23(30-25(18)24(17)22)16-10-12-20(13-11-16)27(28)29/h1-7,10-14H,8-9,15H2. The zero-order valence-corrected chi connectivity index (χ0v) is 17.7. The van der Waals surface area contributed by atoms with Gasteiger partial charge in [-0.05, 0) is 64.4 Å². The number of nitro benzene ring substituents is 1. The smallest absolute Gasteiger partial charge is 0.258 e. The van der Waals surface area contributed by atoms with Gasteiger partial charge in [-0.2, -0.15) is 0 Å². The largest absolute Gasteiger partial charge is 0.269 e. The molecule has 0 spiro atoms. The first-order valence-electron chi connectivity index (χ1n) is 9.80. The minimum Gasteiger partial charge on any atom is -0.258 e. The topological polar surface area (TPSA) is 43.1 Å². The fourth-order valence-corrected chi connectivity index (χ4v) is 5.73. The molecule has 1 aliphatic rings. The number of non-ortho nitro benzene ring substituents is 1. The number of hydrogen-bond acceptors (Lipinski definition) is 3. The summed E-state index contributed by atoms with van der Waals surface area (Å²) in [7, 11) is 0. The molecule has 1 aliphatic carbocycles. The van der Waals surface area contributed by atoms with Crippen LogP contribution in [0, 0.1) is 10.1 Å². The molecule has 0 unspecified atom stereocenters. The number of thiophene rings is 1. The van der Waals surface area contributed by atoms with Gasteiger partial charge in [0.25, 0.3) is 5.69 Å². The number of nitrogens with zero attached hydrogens (tertiary/aromatic N) is 1. The van der Waals surface area contributed by atoms with Gasteiger partial charge in [0.05, 0.1) is 4.92 Å². The zero-order chi connectivity index (χ0) is 20.7. The summed E-state index contributed by atoms with van der Waals surface area (Å²) in [6.07, 6.45) is 2.02. The molecule has 0 saturated heterocycles. The van der Waals surface area contributed by atoms with E-state index in [0.29, 0.717) is 5.88 Å². The number of fused-ring (bicyclic) bond motifs is 3. The summed E-state index contributed by atoms with van der Waals surface area (Å²) in [5.74, 6) is 0.477. The van der Waals surface area contributed by atoms with E-state index in [1.165, 1.54) is 32.7 Å². The number of nitro groups is 1. The molecule has 1 aromatic heterocycles. The van der Waals surface area contributed by atoms with Gasteiger partial charge in [0.2, 0.25) is 0 Å². The van der Waals surface area contributed by atoms with Crippen LogP contribution in [-0.4, -0.2) is 4.92 Å². The summed E-state index contributed by atoms with van der Waals surface area (Å²) in [6.45, 7) is 0. The molecule has 0 fully saturated rings. The zero-order valence-electron chi connectivity index (χ0n) is 16.1. The average Bonchev–Trinajstić information content (AvgIpc) is 3.23. The molecule has 148 valence electrons. The molecular formula is C25H18ClNO2S. The molecule has 5 rings (SSSR count). The molecule has 5 heteroatoms. The Balaban J connectivity index is 1.65. The first kappa shape index (κ1) is 19.0. The van der Waals surface area contributed by atoms with Gasteiger partial charge in [-0.15, -0.1) is 22.9 Å². The summed E-state index contributed by atoms with van der Waals surface area (Å²) in [5, 5.41) is 11.0. The van der Waals surface area contributed by atoms with Gasteiger partial charge in [0, 0.05) is 33.3 Å². The van der Waals surface area contributed by atoms with E-state index in [0.717, 1.165) is 28.8 Å². The first-order chi connectivity index (χ1) is 14.7. The van der Waals surface area contributed by atoms with Crippen LogP contribution in [0.5, 0.6) is 0 Å². The fraction of sp³-hybridized carbons (Fsp3) is 0.120. The number of benzene rings is 3. The van der Waals surface area contributed by atoms with Gasteiger partial charge in [-0.3, -0.25) is 10.1 Å². The summed E-state index contributed by atoms with van der Waals surface area (Å²) in [6, 6.07) is 23.9. The molecule has 0 saturated carbocycles. The van der Waals surface area contributed by atoms with E-state index in [1.54, 1.807) is 23.5 Å². The predicted octanol–water partition coefficient (Wildman–Crippen LogP) is 7.49. The van der Waals surface area contributed by atoms with Crippen LogP contribution < -0.4 is 0 Å². The maximum absolute atomic E-state index is 11.0. The van der Waals surface area contributed by atoms with Crippen molar-refractivity contribution < 1.29 is 4.92 Å². The molecule has 0 N–H and O–H groups in total. The second-order valence-electron chi connectivity index (χ2n) is 7.40. The molecule has 0 aliphatic heterocycles. The van der Waals surface area contributed by atoms with Crippen molar-refractivity contribution in [2.75, 3.05) is 0 Å². The third kappa shape index (κ3) is 3.22. The van der Waals surface area contributed by atoms with Crippen LogP contribution >= 0.6 is 22.9 Å². The highest BCUT2D eigenvalue weighted by Crippen LogP contribution is 2.47. The van der Waals surface area contributed by atoms with Crippen LogP contribution in [0.3, 0.4) is 0 Å². The minimum atomic E-state index is -0.361. The van der Waals surface area contributed by atoms with Crippen molar-refractivity contribution in [2.24, 2.45) is 0 Å². The maximum Gasteiger partial charge on any atom is 0.269 e. The van der Waals surface area contributed by atoms with Crippen molar-refractivity contribution in [3.05, 3.63) is 99.6 Å². The second-order valence-corrected chi connectivity index (χ2v) is 8.72. The summed E-state index contributed by atoms with van der Waals surface area (Å²) >= 11 is 8.00. The predicted molar refractivity (Wildman–Crippen MR) is 124 cm³/mol. The van der Waals surface area contributed by atoms with E-state index in [-0.39, 0.29) is 10.6 Å². The van der Waals surface area contributed by atoms with E-state index >= 15 is 0 Å². The number of hydrogen-bond donors (Lipinski definition) is 0. The lowest BCUT2D eigenvalue weighted by Gasteiger charge is -2.21. The lowest BCUT2D eigenvalue weighted by atomic mass is 9.85. The molecular weight excluding hydrogens is 414 g/mol. The molecule has 0 bridgehead atoms. The van der Waals surface area contributed by atoms with Crippen molar-refractivity contribution >= 4 is 28.6 Å². The van der Waals surface area contributed by atoms with Crippen molar-refractivity contribution in [1.82, 2.24) is 0 Å². The van der Waals surface area contributed by atoms with Crippen LogP contribution in [0.25, 0.3) is 32.0 Å². The lowest BCUT2D eigenvalue weighted by Crippen LogP contribution is -2.03. The molecule has 3 aromatic carbocycles. The Morgan fingerprint density at radius 2 is 1.63 bits per heavy atom. The normalized spacial score (nSPS) is 12.3. The van der Waals surface area contributed by atoms with Gasteiger partial charge in [-0.1, -0.05) is 42.5 Å². The highest BCUT2D eigenvalue weighted by molar-refractivity contribution is 7.19. The Hall–Kier alpha value is -2.95. The second kappa shape index (κ2) is 7.71. The lowest BCUT2D eigenvalue weighted by molar-refractivity contribution is -0.384. The Morgan fingerprint density at radius 3 is 2.40 bits per heavy atom. The van der Waals surface area contributed by atoms with E-state index in [1.807, 2.05) is 18.2 Å². The number of rotatable bonds is 4. The summed E-state index contributed by atoms with van der Waals surface area (Å²) < 4.78 is 0. The van der Waals surface area contributed by atoms with Gasteiger partial charge in [0.1, 0.15) is 0 Å². The molecule has 0 atom stereocenters. The fourth-order valence-electron chi connectivity index (χ4n) is 4.19. The SMILES string of the molecule is O=[N+]([O-])c1ccc(-c2cc3c(s2)-c2c(cccc2-c2ccccc2CCl)CC3)cc1. The Morgan fingerprint density at radius 1 is 0.900 bits per heavy atom. The molecule has 0 amide bonds. The van der Waals surface area contributed by atoms with E-state index in [4.69, 9.17) is 11.6 Å².